The summed E-state index contributed by atoms with van der Waals surface area (Å²) >= 11 is 0. The number of hydrogen-bond donors (Lipinski definition) is 2. The highest BCUT2D eigenvalue weighted by Crippen LogP contribution is 2.43. The van der Waals surface area contributed by atoms with Crippen LogP contribution in [0.1, 0.15) is 296 Å². The van der Waals surface area contributed by atoms with Crippen molar-refractivity contribution >= 4 is 19.8 Å². The van der Waals surface area contributed by atoms with E-state index in [1.165, 1.54) is 193 Å². The SMILES string of the molecule is CC/C=C\C/C=C\C/C=C\C/C=C\CCCCCCC(=O)OC(COC(=O)CCCCCCCCCCCCCCCCCCCCCCCCCCCCCCCCCCC)COP(=O)(O)OCCN. The maximum atomic E-state index is 12.7. The lowest BCUT2D eigenvalue weighted by molar-refractivity contribution is -0.161. The maximum Gasteiger partial charge on any atom is 0.472 e. The standard InChI is InChI=1S/C61H114NO8P/c1-3-5-7-9-11-13-15-17-19-21-22-23-24-25-26-27-28-29-30-31-32-33-34-35-36-38-39-41-43-45-47-49-51-53-60(63)67-57-59(58-69-71(65,66)68-56-55-62)70-61(64)54-52-50-48-46-44-42-40-37-20-18-16-14-12-10-8-6-4-2/h6,8,12,14,18,20,40,42,59H,3-5,7,9-11,13,15-17,19,21-39,41,43-58,62H2,1-2H3,(H,65,66)/b8-6-,14-12-,20-18-,42-40-. The molecule has 0 rings (SSSR count). The molecule has 0 bridgehead atoms. The van der Waals surface area contributed by atoms with Crippen molar-refractivity contribution in [3.63, 3.8) is 0 Å². The summed E-state index contributed by atoms with van der Waals surface area (Å²) in [6.07, 6.45) is 70.6. The highest BCUT2D eigenvalue weighted by Gasteiger charge is 2.26. The first-order valence-corrected chi connectivity index (χ1v) is 31.6. The van der Waals surface area contributed by atoms with Gasteiger partial charge in [-0.15, -0.1) is 0 Å². The molecule has 0 fully saturated rings. The molecule has 0 saturated heterocycles. The van der Waals surface area contributed by atoms with Gasteiger partial charge >= 0.3 is 19.8 Å². The highest BCUT2D eigenvalue weighted by molar-refractivity contribution is 7.47. The van der Waals surface area contributed by atoms with Crippen molar-refractivity contribution in [2.45, 2.75) is 302 Å². The van der Waals surface area contributed by atoms with Gasteiger partial charge in [0.15, 0.2) is 6.10 Å². The minimum atomic E-state index is -4.39. The predicted molar refractivity (Wildman–Crippen MR) is 303 cm³/mol. The fourth-order valence-corrected chi connectivity index (χ4v) is 9.57. The first-order chi connectivity index (χ1) is 34.8. The third-order valence-corrected chi connectivity index (χ3v) is 14.2. The molecule has 0 spiro atoms. The van der Waals surface area contributed by atoms with E-state index in [0.29, 0.717) is 6.42 Å². The van der Waals surface area contributed by atoms with Crippen molar-refractivity contribution in [3.8, 4) is 0 Å². The van der Waals surface area contributed by atoms with Crippen molar-refractivity contribution in [3.05, 3.63) is 48.6 Å². The summed E-state index contributed by atoms with van der Waals surface area (Å²) in [5.74, 6) is -0.845. The van der Waals surface area contributed by atoms with Crippen molar-refractivity contribution in [2.24, 2.45) is 5.73 Å². The van der Waals surface area contributed by atoms with E-state index in [9.17, 15) is 19.0 Å². The number of ether oxygens (including phenoxy) is 2. The third-order valence-electron chi connectivity index (χ3n) is 13.2. The fourth-order valence-electron chi connectivity index (χ4n) is 8.81. The number of allylic oxidation sites excluding steroid dienone is 8. The van der Waals surface area contributed by atoms with Gasteiger partial charge in [-0.2, -0.15) is 0 Å². The number of phosphoric ester groups is 1. The molecular formula is C61H114NO8P. The van der Waals surface area contributed by atoms with Crippen molar-refractivity contribution < 1.29 is 37.6 Å². The topological polar surface area (TPSA) is 134 Å². The highest BCUT2D eigenvalue weighted by atomic mass is 31.2. The molecule has 0 heterocycles. The van der Waals surface area contributed by atoms with Gasteiger partial charge in [0, 0.05) is 19.4 Å². The Bertz CT molecular complexity index is 1300. The van der Waals surface area contributed by atoms with Gasteiger partial charge in [-0.05, 0) is 51.4 Å². The Kier molecular flexibility index (Phi) is 55.6. The average molecular weight is 1020 g/mol. The molecule has 3 N–H and O–H groups in total. The molecule has 0 radical (unpaired) electrons. The molecule has 2 atom stereocenters. The van der Waals surface area contributed by atoms with Crippen molar-refractivity contribution in [1.29, 1.82) is 0 Å². The molecule has 416 valence electrons. The fraction of sp³-hybridized carbons (Fsp3) is 0.836. The van der Waals surface area contributed by atoms with Crippen LogP contribution >= 0.6 is 7.82 Å². The lowest BCUT2D eigenvalue weighted by atomic mass is 10.0. The summed E-state index contributed by atoms with van der Waals surface area (Å²) in [6, 6.07) is 0. The lowest BCUT2D eigenvalue weighted by Crippen LogP contribution is -2.29. The normalized spacial score (nSPS) is 13.4. The Hall–Kier alpha value is -2.03. The zero-order chi connectivity index (χ0) is 51.7. The number of phosphoric acid groups is 1. The number of nitrogens with two attached hydrogens (primary N) is 1. The molecule has 0 aliphatic carbocycles. The molecule has 0 saturated carbocycles. The van der Waals surface area contributed by atoms with E-state index >= 15 is 0 Å². The molecule has 0 aromatic heterocycles. The Labute approximate surface area is 438 Å². The first-order valence-electron chi connectivity index (χ1n) is 30.1. The second-order valence-electron chi connectivity index (χ2n) is 20.2. The zero-order valence-corrected chi connectivity index (χ0v) is 47.4. The molecular weight excluding hydrogens is 906 g/mol. The van der Waals surface area contributed by atoms with Gasteiger partial charge in [0.25, 0.3) is 0 Å². The molecule has 0 aliphatic heterocycles. The van der Waals surface area contributed by atoms with Crippen molar-refractivity contribution in [2.75, 3.05) is 26.4 Å². The predicted octanol–water partition coefficient (Wildman–Crippen LogP) is 19.0. The summed E-state index contributed by atoms with van der Waals surface area (Å²) in [7, 11) is -4.39. The van der Waals surface area contributed by atoms with Gasteiger partial charge in [-0.1, -0.05) is 281 Å². The number of carbonyl (C=O) groups is 2. The largest absolute Gasteiger partial charge is 0.472 e. The van der Waals surface area contributed by atoms with E-state index in [0.717, 1.165) is 70.6 Å². The Balaban J connectivity index is 3.84. The Morgan fingerprint density at radius 3 is 1.15 bits per heavy atom. The van der Waals surface area contributed by atoms with E-state index in [2.05, 4.69) is 62.5 Å². The van der Waals surface area contributed by atoms with Crippen molar-refractivity contribution in [1.82, 2.24) is 0 Å². The summed E-state index contributed by atoms with van der Waals surface area (Å²) in [5.41, 5.74) is 5.38. The van der Waals surface area contributed by atoms with Crippen LogP contribution in [-0.4, -0.2) is 49.3 Å². The van der Waals surface area contributed by atoms with Crippen LogP contribution in [0, 0.1) is 0 Å². The van der Waals surface area contributed by atoms with Crippen LogP contribution in [0.2, 0.25) is 0 Å². The quantitative estimate of drug-likeness (QED) is 0.0264. The van der Waals surface area contributed by atoms with Crippen LogP contribution in [0.25, 0.3) is 0 Å². The minimum absolute atomic E-state index is 0.0487. The maximum absolute atomic E-state index is 12.7. The van der Waals surface area contributed by atoms with Crippen LogP contribution in [0.3, 0.4) is 0 Å². The van der Waals surface area contributed by atoms with E-state index in [1.807, 2.05) is 0 Å². The smallest absolute Gasteiger partial charge is 0.462 e. The molecule has 2 unspecified atom stereocenters. The molecule has 71 heavy (non-hydrogen) atoms. The van der Waals surface area contributed by atoms with Crippen LogP contribution in [0.4, 0.5) is 0 Å². The zero-order valence-electron chi connectivity index (χ0n) is 46.5. The van der Waals surface area contributed by atoms with Crippen LogP contribution in [-0.2, 0) is 32.7 Å². The van der Waals surface area contributed by atoms with Crippen LogP contribution in [0.5, 0.6) is 0 Å². The molecule has 0 aromatic rings. The van der Waals surface area contributed by atoms with Crippen LogP contribution in [0.15, 0.2) is 48.6 Å². The molecule has 0 aromatic carbocycles. The minimum Gasteiger partial charge on any atom is -0.462 e. The average Bonchev–Trinajstić information content (AvgIpc) is 3.36. The molecule has 0 amide bonds. The first kappa shape index (κ1) is 69.0. The second kappa shape index (κ2) is 57.3. The van der Waals surface area contributed by atoms with Gasteiger partial charge in [0.1, 0.15) is 6.61 Å². The number of esters is 2. The summed E-state index contributed by atoms with van der Waals surface area (Å²) in [4.78, 5) is 35.1. The van der Waals surface area contributed by atoms with Crippen LogP contribution < -0.4 is 5.73 Å². The second-order valence-corrected chi connectivity index (χ2v) is 21.7. The van der Waals surface area contributed by atoms with E-state index in [1.54, 1.807) is 0 Å². The molecule has 9 nitrogen and oxygen atoms in total. The number of hydrogen-bond acceptors (Lipinski definition) is 8. The molecule has 0 aliphatic rings. The van der Waals surface area contributed by atoms with Gasteiger partial charge < -0.3 is 20.1 Å². The van der Waals surface area contributed by atoms with E-state index in [-0.39, 0.29) is 38.6 Å². The lowest BCUT2D eigenvalue weighted by Gasteiger charge is -2.19. The summed E-state index contributed by atoms with van der Waals surface area (Å²) in [6.45, 7) is 3.64. The van der Waals surface area contributed by atoms with Gasteiger partial charge in [0.2, 0.25) is 0 Å². The van der Waals surface area contributed by atoms with Gasteiger partial charge in [-0.25, -0.2) is 4.57 Å². The van der Waals surface area contributed by atoms with E-state index in [4.69, 9.17) is 24.3 Å². The monoisotopic (exact) mass is 1020 g/mol. The Morgan fingerprint density at radius 2 is 0.775 bits per heavy atom. The summed E-state index contributed by atoms with van der Waals surface area (Å²) < 4.78 is 33.0. The number of rotatable bonds is 57. The van der Waals surface area contributed by atoms with E-state index < -0.39 is 26.5 Å². The number of carbonyl (C=O) groups excluding carboxylic acids is 2. The Morgan fingerprint density at radius 1 is 0.437 bits per heavy atom. The summed E-state index contributed by atoms with van der Waals surface area (Å²) in [5, 5.41) is 0. The third kappa shape index (κ3) is 57.1. The molecule has 10 heteroatoms. The number of unbranched alkanes of at least 4 members (excludes halogenated alkanes) is 36. The van der Waals surface area contributed by atoms with Gasteiger partial charge in [-0.3, -0.25) is 18.6 Å². The van der Waals surface area contributed by atoms with Gasteiger partial charge in [0.05, 0.1) is 13.2 Å².